The number of hydrogen-bond donors (Lipinski definition) is 1. The highest BCUT2D eigenvalue weighted by molar-refractivity contribution is 7.54. The van der Waals surface area contributed by atoms with Gasteiger partial charge in [0.2, 0.25) is 11.5 Å². The summed E-state index contributed by atoms with van der Waals surface area (Å²) in [4.78, 5) is 12.4. The van der Waals surface area contributed by atoms with Gasteiger partial charge in [0.1, 0.15) is 38.3 Å². The summed E-state index contributed by atoms with van der Waals surface area (Å²) in [6.45, 7) is 1.99. The molecule has 4 aromatic rings. The van der Waals surface area contributed by atoms with Gasteiger partial charge < -0.3 is 43.0 Å². The van der Waals surface area contributed by atoms with E-state index in [1.54, 1.807) is 47.3 Å². The minimum atomic E-state index is -3.98. The number of benzene rings is 2. The fraction of sp³-hybridized carbons (Fsp3) is 0.292. The Balaban J connectivity index is 1.22. The Bertz CT molecular complexity index is 1450. The maximum Gasteiger partial charge on any atom is 0.456 e. The molecule has 0 bridgehead atoms. The smallest absolute Gasteiger partial charge is 0.456 e. The van der Waals surface area contributed by atoms with Crippen molar-refractivity contribution in [3.63, 3.8) is 0 Å². The second-order valence-electron chi connectivity index (χ2n) is 8.26. The molecule has 2 aliphatic rings. The number of anilines is 1. The predicted octanol–water partition coefficient (Wildman–Crippen LogP) is 3.28. The van der Waals surface area contributed by atoms with Crippen LogP contribution in [0.4, 0.5) is 5.82 Å². The molecule has 0 aliphatic carbocycles. The molecule has 2 aliphatic heterocycles. The standard InChI is InChI=1S/C24H24N5O8P/c25-23-20-24(27-13-26-23)29(14-28-20)7-8-31-15-38(30,36-18-5-1-3-16-21(18)34-11-9-32-16)37-19-6-2-4-17-22(19)35-12-10-33-17/h1-6,13-14H,7-12,15H2,(H2,25,26,27). The van der Waals surface area contributed by atoms with Gasteiger partial charge in [-0.25, -0.2) is 19.5 Å². The molecule has 38 heavy (non-hydrogen) atoms. The summed E-state index contributed by atoms with van der Waals surface area (Å²) in [5, 5.41) is 0. The van der Waals surface area contributed by atoms with Crippen molar-refractivity contribution in [3.05, 3.63) is 49.1 Å². The fourth-order valence-electron chi connectivity index (χ4n) is 4.01. The van der Waals surface area contributed by atoms with Crippen LogP contribution >= 0.6 is 7.60 Å². The Morgan fingerprint density at radius 2 is 1.50 bits per heavy atom. The average Bonchev–Trinajstić information content (AvgIpc) is 3.36. The third-order valence-electron chi connectivity index (χ3n) is 5.69. The zero-order valence-corrected chi connectivity index (χ0v) is 21.0. The molecule has 2 aromatic heterocycles. The minimum absolute atomic E-state index is 0.158. The number of fused-ring (bicyclic) bond motifs is 3. The lowest BCUT2D eigenvalue weighted by molar-refractivity contribution is 0.146. The number of ether oxygens (including phenoxy) is 5. The lowest BCUT2D eigenvalue weighted by atomic mass is 10.3. The molecule has 0 amide bonds. The summed E-state index contributed by atoms with van der Waals surface area (Å²) in [5.74, 6) is 2.38. The van der Waals surface area contributed by atoms with Crippen molar-refractivity contribution in [1.82, 2.24) is 19.5 Å². The first-order valence-electron chi connectivity index (χ1n) is 11.8. The lowest BCUT2D eigenvalue weighted by Gasteiger charge is -2.26. The molecule has 0 saturated carbocycles. The number of nitrogens with zero attached hydrogens (tertiary/aromatic N) is 4. The van der Waals surface area contributed by atoms with Crippen LogP contribution in [0.1, 0.15) is 0 Å². The molecule has 2 N–H and O–H groups in total. The van der Waals surface area contributed by atoms with Gasteiger partial charge in [0.15, 0.2) is 40.8 Å². The molecule has 198 valence electrons. The molecule has 6 rings (SSSR count). The number of imidazole rings is 1. The van der Waals surface area contributed by atoms with E-state index >= 15 is 0 Å². The quantitative estimate of drug-likeness (QED) is 0.245. The third kappa shape index (κ3) is 4.85. The van der Waals surface area contributed by atoms with Crippen LogP contribution in [0.2, 0.25) is 0 Å². The second kappa shape index (κ2) is 10.3. The molecule has 0 saturated heterocycles. The zero-order chi connectivity index (χ0) is 26.0. The summed E-state index contributed by atoms with van der Waals surface area (Å²) in [6, 6.07) is 10.2. The number of para-hydroxylation sites is 2. The topological polar surface area (TPSA) is 151 Å². The SMILES string of the molecule is Nc1ncnc2c1ncn2CCOCP(=O)(Oc1cccc2c1OCCO2)Oc1cccc2c1OCCO2. The number of aromatic nitrogens is 4. The van der Waals surface area contributed by atoms with Crippen molar-refractivity contribution < 1.29 is 37.3 Å². The van der Waals surface area contributed by atoms with E-state index in [0.717, 1.165) is 0 Å². The molecule has 0 unspecified atom stereocenters. The van der Waals surface area contributed by atoms with Crippen molar-refractivity contribution in [2.45, 2.75) is 6.54 Å². The number of nitrogens with two attached hydrogens (primary N) is 1. The van der Waals surface area contributed by atoms with Crippen LogP contribution in [0.25, 0.3) is 11.2 Å². The summed E-state index contributed by atoms with van der Waals surface area (Å²) in [5.41, 5.74) is 6.92. The van der Waals surface area contributed by atoms with Crippen LogP contribution < -0.4 is 33.7 Å². The molecule has 0 spiro atoms. The van der Waals surface area contributed by atoms with E-state index < -0.39 is 7.60 Å². The van der Waals surface area contributed by atoms with Crippen LogP contribution in [0.15, 0.2) is 49.1 Å². The Hall–Kier alpha value is -4.22. The summed E-state index contributed by atoms with van der Waals surface area (Å²) in [6.07, 6.45) is 2.59. The minimum Gasteiger partial charge on any atom is -0.486 e. The van der Waals surface area contributed by atoms with Crippen molar-refractivity contribution in [2.24, 2.45) is 0 Å². The Kier molecular flexibility index (Phi) is 6.52. The van der Waals surface area contributed by atoms with Gasteiger partial charge in [0, 0.05) is 6.54 Å². The largest absolute Gasteiger partial charge is 0.486 e. The van der Waals surface area contributed by atoms with Crippen molar-refractivity contribution in [1.29, 1.82) is 0 Å². The first kappa shape index (κ1) is 24.1. The van der Waals surface area contributed by atoms with Gasteiger partial charge in [0.05, 0.1) is 12.9 Å². The summed E-state index contributed by atoms with van der Waals surface area (Å²) in [7, 11) is -3.98. The average molecular weight is 541 g/mol. The monoisotopic (exact) mass is 541 g/mol. The normalized spacial score (nSPS) is 14.3. The van der Waals surface area contributed by atoms with Crippen LogP contribution in [-0.2, 0) is 15.8 Å². The van der Waals surface area contributed by atoms with E-state index in [1.807, 2.05) is 0 Å². The lowest BCUT2D eigenvalue weighted by Crippen LogP contribution is -2.18. The fourth-order valence-corrected chi connectivity index (χ4v) is 5.39. The molecular weight excluding hydrogens is 517 g/mol. The van der Waals surface area contributed by atoms with E-state index in [1.165, 1.54) is 6.33 Å². The summed E-state index contributed by atoms with van der Waals surface area (Å²) < 4.78 is 56.3. The van der Waals surface area contributed by atoms with E-state index in [2.05, 4.69) is 15.0 Å². The molecule has 14 heteroatoms. The van der Waals surface area contributed by atoms with Crippen LogP contribution in [0.5, 0.6) is 34.5 Å². The van der Waals surface area contributed by atoms with Crippen LogP contribution in [0.3, 0.4) is 0 Å². The molecule has 2 aromatic carbocycles. The van der Waals surface area contributed by atoms with Gasteiger partial charge in [-0.1, -0.05) is 12.1 Å². The highest BCUT2D eigenvalue weighted by Crippen LogP contribution is 2.55. The number of hydrogen-bond acceptors (Lipinski definition) is 12. The Morgan fingerprint density at radius 3 is 2.16 bits per heavy atom. The van der Waals surface area contributed by atoms with E-state index in [0.29, 0.717) is 67.1 Å². The van der Waals surface area contributed by atoms with Gasteiger partial charge in [-0.05, 0) is 24.3 Å². The molecule has 0 radical (unpaired) electrons. The maximum absolute atomic E-state index is 14.1. The van der Waals surface area contributed by atoms with Crippen LogP contribution in [-0.4, -0.2) is 58.9 Å². The van der Waals surface area contributed by atoms with Crippen LogP contribution in [0, 0.1) is 0 Å². The highest BCUT2D eigenvalue weighted by atomic mass is 31.2. The number of nitrogen functional groups attached to an aromatic ring is 1. The third-order valence-corrected chi connectivity index (χ3v) is 7.14. The molecule has 0 fully saturated rings. The second-order valence-corrected chi connectivity index (χ2v) is 10.1. The first-order valence-corrected chi connectivity index (χ1v) is 13.6. The number of rotatable bonds is 9. The first-order chi connectivity index (χ1) is 18.6. The van der Waals surface area contributed by atoms with E-state index in [-0.39, 0.29) is 30.3 Å². The Morgan fingerprint density at radius 1 is 0.868 bits per heavy atom. The molecule has 0 atom stereocenters. The Labute approximate surface area is 216 Å². The van der Waals surface area contributed by atoms with Gasteiger partial charge in [-0.15, -0.1) is 0 Å². The van der Waals surface area contributed by atoms with E-state index in [4.69, 9.17) is 38.5 Å². The summed E-state index contributed by atoms with van der Waals surface area (Å²) >= 11 is 0. The van der Waals surface area contributed by atoms with Crippen molar-refractivity contribution in [2.75, 3.05) is 45.1 Å². The molecule has 4 heterocycles. The van der Waals surface area contributed by atoms with Gasteiger partial charge in [-0.3, -0.25) is 0 Å². The zero-order valence-electron chi connectivity index (χ0n) is 20.1. The molecule has 13 nitrogen and oxygen atoms in total. The van der Waals surface area contributed by atoms with Gasteiger partial charge >= 0.3 is 7.60 Å². The van der Waals surface area contributed by atoms with Gasteiger partial charge in [0.25, 0.3) is 0 Å². The van der Waals surface area contributed by atoms with Crippen molar-refractivity contribution in [3.8, 4) is 34.5 Å². The van der Waals surface area contributed by atoms with E-state index in [9.17, 15) is 4.57 Å². The highest BCUT2D eigenvalue weighted by Gasteiger charge is 2.34. The van der Waals surface area contributed by atoms with Gasteiger partial charge in [-0.2, -0.15) is 0 Å². The molecular formula is C24H24N5O8P. The maximum atomic E-state index is 14.1. The van der Waals surface area contributed by atoms with Crippen molar-refractivity contribution >= 4 is 24.6 Å². The predicted molar refractivity (Wildman–Crippen MR) is 134 cm³/mol.